The minimum atomic E-state index is -1.44. The van der Waals surface area contributed by atoms with Gasteiger partial charge in [-0.2, -0.15) is 5.26 Å². The Balaban J connectivity index is 1.73. The number of hydrogen-bond acceptors (Lipinski definition) is 4. The maximum atomic E-state index is 13.6. The lowest BCUT2D eigenvalue weighted by Crippen LogP contribution is -2.50. The monoisotopic (exact) mass is 402 g/mol. The fourth-order valence-electron chi connectivity index (χ4n) is 4.17. The van der Waals surface area contributed by atoms with Crippen molar-refractivity contribution < 1.29 is 9.53 Å². The molecule has 0 radical (unpaired) electrons. The van der Waals surface area contributed by atoms with Crippen molar-refractivity contribution in [2.75, 3.05) is 7.11 Å². The van der Waals surface area contributed by atoms with Gasteiger partial charge in [-0.1, -0.05) is 43.5 Å². The van der Waals surface area contributed by atoms with Gasteiger partial charge in [-0.3, -0.25) is 4.79 Å². The van der Waals surface area contributed by atoms with Gasteiger partial charge in [0.15, 0.2) is 5.41 Å². The molecule has 0 spiro atoms. The van der Waals surface area contributed by atoms with E-state index in [1.807, 2.05) is 48.5 Å². The second-order valence-electron chi connectivity index (χ2n) is 7.95. The average Bonchev–Trinajstić information content (AvgIpc) is 3.23. The molecule has 30 heavy (non-hydrogen) atoms. The number of aromatic amines is 1. The van der Waals surface area contributed by atoms with Crippen LogP contribution in [0, 0.1) is 11.3 Å². The maximum absolute atomic E-state index is 13.6. The number of carbonyl (C=O) groups is 1. The summed E-state index contributed by atoms with van der Waals surface area (Å²) in [7, 11) is 1.61. The molecule has 154 valence electrons. The standard InChI is InChI=1S/C24H26N4O2/c1-30-19-13-11-17(12-14-19)15-24(16-25,23(29)26-18-7-3-2-4-8-18)22-27-20-9-5-6-10-21(20)28-22/h5-6,9-14,18H,2-4,7-8,15H2,1H3,(H,26,29)(H,27,28). The summed E-state index contributed by atoms with van der Waals surface area (Å²) in [6, 6.07) is 17.5. The minimum absolute atomic E-state index is 0.110. The molecule has 0 aliphatic heterocycles. The van der Waals surface area contributed by atoms with Gasteiger partial charge in [-0.25, -0.2) is 4.98 Å². The zero-order valence-electron chi connectivity index (χ0n) is 17.1. The number of aromatic nitrogens is 2. The first-order valence-corrected chi connectivity index (χ1v) is 10.4. The predicted octanol–water partition coefficient (Wildman–Crippen LogP) is 4.02. The molecule has 4 rings (SSSR count). The van der Waals surface area contributed by atoms with Crippen LogP contribution in [0.5, 0.6) is 5.75 Å². The van der Waals surface area contributed by atoms with Crippen molar-refractivity contribution >= 4 is 16.9 Å². The topological polar surface area (TPSA) is 90.8 Å². The van der Waals surface area contributed by atoms with Crippen LogP contribution in [0.25, 0.3) is 11.0 Å². The Bertz CT molecular complexity index is 1030. The van der Waals surface area contributed by atoms with Gasteiger partial charge in [-0.05, 0) is 42.7 Å². The van der Waals surface area contributed by atoms with Crippen molar-refractivity contribution in [3.05, 3.63) is 59.9 Å². The van der Waals surface area contributed by atoms with Crippen LogP contribution in [0.4, 0.5) is 0 Å². The van der Waals surface area contributed by atoms with Crippen molar-refractivity contribution in [1.29, 1.82) is 5.26 Å². The second kappa shape index (κ2) is 8.58. The zero-order valence-corrected chi connectivity index (χ0v) is 17.1. The van der Waals surface area contributed by atoms with Crippen molar-refractivity contribution in [3.8, 4) is 11.8 Å². The molecule has 6 heteroatoms. The van der Waals surface area contributed by atoms with Crippen LogP contribution >= 0.6 is 0 Å². The third-order valence-electron chi connectivity index (χ3n) is 5.94. The number of amides is 1. The van der Waals surface area contributed by atoms with Crippen molar-refractivity contribution in [2.45, 2.75) is 50.0 Å². The fourth-order valence-corrected chi connectivity index (χ4v) is 4.17. The van der Waals surface area contributed by atoms with Crippen molar-refractivity contribution in [1.82, 2.24) is 15.3 Å². The molecule has 1 aliphatic carbocycles. The molecule has 1 atom stereocenters. The summed E-state index contributed by atoms with van der Waals surface area (Å²) in [6.45, 7) is 0. The summed E-state index contributed by atoms with van der Waals surface area (Å²) in [4.78, 5) is 21.4. The third kappa shape index (κ3) is 3.88. The normalized spacial score (nSPS) is 16.5. The maximum Gasteiger partial charge on any atom is 0.248 e. The fraction of sp³-hybridized carbons (Fsp3) is 0.375. The molecular weight excluding hydrogens is 376 g/mol. The van der Waals surface area contributed by atoms with E-state index in [1.54, 1.807) is 7.11 Å². The van der Waals surface area contributed by atoms with Crippen LogP contribution in [0.3, 0.4) is 0 Å². The quantitative estimate of drug-likeness (QED) is 0.651. The highest BCUT2D eigenvalue weighted by atomic mass is 16.5. The van der Waals surface area contributed by atoms with Crippen LogP contribution in [0.15, 0.2) is 48.5 Å². The van der Waals surface area contributed by atoms with E-state index in [1.165, 1.54) is 6.42 Å². The molecule has 0 saturated heterocycles. The average molecular weight is 402 g/mol. The Kier molecular flexibility index (Phi) is 5.71. The molecule has 1 saturated carbocycles. The number of methoxy groups -OCH3 is 1. The number of carbonyl (C=O) groups excluding carboxylic acids is 1. The number of fused-ring (bicyclic) bond motifs is 1. The van der Waals surface area contributed by atoms with Gasteiger partial charge in [0.1, 0.15) is 11.6 Å². The van der Waals surface area contributed by atoms with E-state index in [-0.39, 0.29) is 18.4 Å². The number of H-pyrrole nitrogens is 1. The highest BCUT2D eigenvalue weighted by molar-refractivity contribution is 5.92. The van der Waals surface area contributed by atoms with Gasteiger partial charge in [0.2, 0.25) is 5.91 Å². The largest absolute Gasteiger partial charge is 0.497 e. The highest BCUT2D eigenvalue weighted by Crippen LogP contribution is 2.30. The van der Waals surface area contributed by atoms with Crippen LogP contribution in [0.2, 0.25) is 0 Å². The molecule has 0 bridgehead atoms. The Labute approximate surface area is 176 Å². The number of nitrogens with one attached hydrogen (secondary N) is 2. The Morgan fingerprint density at radius 2 is 1.93 bits per heavy atom. The molecule has 3 aromatic rings. The minimum Gasteiger partial charge on any atom is -0.497 e. The molecule has 2 N–H and O–H groups in total. The third-order valence-corrected chi connectivity index (χ3v) is 5.94. The lowest BCUT2D eigenvalue weighted by Gasteiger charge is -2.29. The van der Waals surface area contributed by atoms with Crippen molar-refractivity contribution in [3.63, 3.8) is 0 Å². The molecule has 1 aromatic heterocycles. The first kappa shape index (κ1) is 20.0. The summed E-state index contributed by atoms with van der Waals surface area (Å²) in [5, 5.41) is 13.5. The number of para-hydroxylation sites is 2. The van der Waals surface area contributed by atoms with E-state index in [0.29, 0.717) is 5.82 Å². The van der Waals surface area contributed by atoms with E-state index in [4.69, 9.17) is 4.74 Å². The lowest BCUT2D eigenvalue weighted by molar-refractivity contribution is -0.126. The number of ether oxygens (including phenoxy) is 1. The molecule has 6 nitrogen and oxygen atoms in total. The number of nitriles is 1. The molecule has 2 aromatic carbocycles. The summed E-state index contributed by atoms with van der Waals surface area (Å²) in [5.41, 5.74) is 0.988. The second-order valence-corrected chi connectivity index (χ2v) is 7.95. The highest BCUT2D eigenvalue weighted by Gasteiger charge is 2.44. The van der Waals surface area contributed by atoms with Crippen LogP contribution in [-0.4, -0.2) is 29.0 Å². The first-order valence-electron chi connectivity index (χ1n) is 10.4. The number of rotatable bonds is 6. The summed E-state index contributed by atoms with van der Waals surface area (Å²) >= 11 is 0. The predicted molar refractivity (Wildman–Crippen MR) is 115 cm³/mol. The van der Waals surface area contributed by atoms with Gasteiger partial charge in [-0.15, -0.1) is 0 Å². The van der Waals surface area contributed by atoms with E-state index >= 15 is 0 Å². The van der Waals surface area contributed by atoms with Gasteiger partial charge in [0, 0.05) is 12.5 Å². The Morgan fingerprint density at radius 1 is 1.20 bits per heavy atom. The van der Waals surface area contributed by atoms with Crippen LogP contribution in [0.1, 0.15) is 43.5 Å². The van der Waals surface area contributed by atoms with E-state index in [0.717, 1.165) is 48.0 Å². The van der Waals surface area contributed by atoms with E-state index < -0.39 is 5.41 Å². The summed E-state index contributed by atoms with van der Waals surface area (Å²) < 4.78 is 5.24. The summed E-state index contributed by atoms with van der Waals surface area (Å²) in [5.74, 6) is 0.832. The van der Waals surface area contributed by atoms with Gasteiger partial charge < -0.3 is 15.0 Å². The first-order chi connectivity index (χ1) is 14.6. The lowest BCUT2D eigenvalue weighted by atomic mass is 9.80. The smallest absolute Gasteiger partial charge is 0.248 e. The van der Waals surface area contributed by atoms with Gasteiger partial charge in [0.25, 0.3) is 0 Å². The summed E-state index contributed by atoms with van der Waals surface area (Å²) in [6.07, 6.45) is 5.55. The Hall–Kier alpha value is -3.33. The van der Waals surface area contributed by atoms with Crippen LogP contribution in [-0.2, 0) is 16.6 Å². The molecular formula is C24H26N4O2. The molecule has 1 unspecified atom stereocenters. The number of benzene rings is 2. The van der Waals surface area contributed by atoms with Gasteiger partial charge in [0.05, 0.1) is 24.2 Å². The van der Waals surface area contributed by atoms with Crippen molar-refractivity contribution in [2.24, 2.45) is 0 Å². The van der Waals surface area contributed by atoms with Gasteiger partial charge >= 0.3 is 0 Å². The molecule has 1 amide bonds. The number of nitrogens with zero attached hydrogens (tertiary/aromatic N) is 2. The van der Waals surface area contributed by atoms with E-state index in [2.05, 4.69) is 21.4 Å². The number of imidazole rings is 1. The number of hydrogen-bond donors (Lipinski definition) is 2. The zero-order chi connectivity index (χ0) is 21.0. The van der Waals surface area contributed by atoms with E-state index in [9.17, 15) is 10.1 Å². The Morgan fingerprint density at radius 3 is 2.60 bits per heavy atom. The molecule has 1 fully saturated rings. The molecule has 1 aliphatic rings. The SMILES string of the molecule is COc1ccc(CC(C#N)(C(=O)NC2CCCCC2)c2nc3ccccc3[nH]2)cc1. The van der Waals surface area contributed by atoms with Crippen LogP contribution < -0.4 is 10.1 Å². The molecule has 1 heterocycles.